The zero-order valence-corrected chi connectivity index (χ0v) is 13.8. The SMILES string of the molecule is CCCCCOCC(C)(C)COCCCNC(=O)CC. The summed E-state index contributed by atoms with van der Waals surface area (Å²) in [6.45, 7) is 12.0. The van der Waals surface area contributed by atoms with Crippen LogP contribution in [0.25, 0.3) is 0 Å². The van der Waals surface area contributed by atoms with Crippen molar-refractivity contribution in [1.82, 2.24) is 5.32 Å². The van der Waals surface area contributed by atoms with Crippen LogP contribution in [0.4, 0.5) is 0 Å². The number of ether oxygens (including phenoxy) is 2. The molecule has 0 bridgehead atoms. The molecule has 4 heteroatoms. The van der Waals surface area contributed by atoms with Crippen LogP contribution in [0.15, 0.2) is 0 Å². The minimum absolute atomic E-state index is 0.0544. The molecule has 4 nitrogen and oxygen atoms in total. The van der Waals surface area contributed by atoms with Crippen LogP contribution in [0.5, 0.6) is 0 Å². The summed E-state index contributed by atoms with van der Waals surface area (Å²) in [5, 5.41) is 2.84. The topological polar surface area (TPSA) is 47.6 Å². The summed E-state index contributed by atoms with van der Waals surface area (Å²) >= 11 is 0. The number of hydrogen-bond acceptors (Lipinski definition) is 3. The lowest BCUT2D eigenvalue weighted by atomic mass is 9.96. The predicted octanol–water partition coefficient (Wildman–Crippen LogP) is 3.15. The van der Waals surface area contributed by atoms with E-state index in [1.54, 1.807) is 0 Å². The van der Waals surface area contributed by atoms with Crippen molar-refractivity contribution in [3.63, 3.8) is 0 Å². The Labute approximate surface area is 124 Å². The number of carbonyl (C=O) groups is 1. The average molecular weight is 287 g/mol. The monoisotopic (exact) mass is 287 g/mol. The van der Waals surface area contributed by atoms with Gasteiger partial charge in [0.25, 0.3) is 0 Å². The molecule has 1 N–H and O–H groups in total. The molecule has 0 fully saturated rings. The summed E-state index contributed by atoms with van der Waals surface area (Å²) in [4.78, 5) is 11.0. The van der Waals surface area contributed by atoms with E-state index < -0.39 is 0 Å². The van der Waals surface area contributed by atoms with Crippen molar-refractivity contribution in [2.45, 2.75) is 59.8 Å². The number of unbranched alkanes of at least 4 members (excludes halogenated alkanes) is 2. The van der Waals surface area contributed by atoms with E-state index >= 15 is 0 Å². The van der Waals surface area contributed by atoms with Crippen LogP contribution in [0.1, 0.15) is 59.8 Å². The molecule has 120 valence electrons. The van der Waals surface area contributed by atoms with Crippen molar-refractivity contribution in [3.8, 4) is 0 Å². The van der Waals surface area contributed by atoms with Gasteiger partial charge in [-0.1, -0.05) is 40.5 Å². The Morgan fingerprint density at radius 3 is 2.15 bits per heavy atom. The number of carbonyl (C=O) groups excluding carboxylic acids is 1. The molecule has 0 saturated carbocycles. The fourth-order valence-electron chi connectivity index (χ4n) is 1.72. The molecule has 0 atom stereocenters. The van der Waals surface area contributed by atoms with Gasteiger partial charge in [0, 0.05) is 31.6 Å². The second-order valence-electron chi connectivity index (χ2n) is 6.03. The van der Waals surface area contributed by atoms with Crippen molar-refractivity contribution in [2.24, 2.45) is 5.41 Å². The minimum Gasteiger partial charge on any atom is -0.381 e. The summed E-state index contributed by atoms with van der Waals surface area (Å²) in [5.41, 5.74) is 0.0544. The van der Waals surface area contributed by atoms with E-state index in [0.29, 0.717) is 26.2 Å². The van der Waals surface area contributed by atoms with Crippen molar-refractivity contribution >= 4 is 5.91 Å². The van der Waals surface area contributed by atoms with Crippen LogP contribution in [-0.4, -0.2) is 38.9 Å². The van der Waals surface area contributed by atoms with Crippen molar-refractivity contribution < 1.29 is 14.3 Å². The Morgan fingerprint density at radius 1 is 1.00 bits per heavy atom. The maximum atomic E-state index is 11.0. The van der Waals surface area contributed by atoms with Gasteiger partial charge in [-0.05, 0) is 12.8 Å². The van der Waals surface area contributed by atoms with Crippen molar-refractivity contribution in [1.29, 1.82) is 0 Å². The molecule has 0 aliphatic heterocycles. The lowest BCUT2D eigenvalue weighted by molar-refractivity contribution is -0.120. The normalized spacial score (nSPS) is 11.6. The Morgan fingerprint density at radius 2 is 1.60 bits per heavy atom. The molecule has 0 heterocycles. The van der Waals surface area contributed by atoms with Crippen LogP contribution >= 0.6 is 0 Å². The molecule has 20 heavy (non-hydrogen) atoms. The first kappa shape index (κ1) is 19.4. The Balaban J connectivity index is 3.44. The van der Waals surface area contributed by atoms with Gasteiger partial charge in [-0.2, -0.15) is 0 Å². The highest BCUT2D eigenvalue weighted by Crippen LogP contribution is 2.16. The third-order valence-electron chi connectivity index (χ3n) is 2.99. The van der Waals surface area contributed by atoms with E-state index in [-0.39, 0.29) is 11.3 Å². The van der Waals surface area contributed by atoms with E-state index in [1.165, 1.54) is 12.8 Å². The molecule has 0 rings (SSSR count). The highest BCUT2D eigenvalue weighted by Gasteiger charge is 2.18. The van der Waals surface area contributed by atoms with Crippen molar-refractivity contribution in [2.75, 3.05) is 33.0 Å². The molecule has 0 aliphatic carbocycles. The van der Waals surface area contributed by atoms with Crippen LogP contribution in [-0.2, 0) is 14.3 Å². The number of hydrogen-bond donors (Lipinski definition) is 1. The Bertz CT molecular complexity index is 242. The lowest BCUT2D eigenvalue weighted by Gasteiger charge is -2.24. The van der Waals surface area contributed by atoms with Gasteiger partial charge in [-0.3, -0.25) is 4.79 Å². The molecule has 0 aromatic heterocycles. The first-order valence-corrected chi connectivity index (χ1v) is 7.94. The van der Waals surface area contributed by atoms with Gasteiger partial charge in [-0.15, -0.1) is 0 Å². The van der Waals surface area contributed by atoms with Gasteiger partial charge in [0.15, 0.2) is 0 Å². The Kier molecular flexibility index (Phi) is 11.8. The third kappa shape index (κ3) is 12.4. The van der Waals surface area contributed by atoms with Crippen molar-refractivity contribution in [3.05, 3.63) is 0 Å². The summed E-state index contributed by atoms with van der Waals surface area (Å²) in [7, 11) is 0. The van der Waals surface area contributed by atoms with Crippen LogP contribution in [0.2, 0.25) is 0 Å². The molecule has 0 aromatic rings. The Hall–Kier alpha value is -0.610. The molecule has 0 aliphatic rings. The third-order valence-corrected chi connectivity index (χ3v) is 2.99. The van der Waals surface area contributed by atoms with Gasteiger partial charge in [-0.25, -0.2) is 0 Å². The first-order chi connectivity index (χ1) is 9.52. The zero-order valence-electron chi connectivity index (χ0n) is 13.8. The fraction of sp³-hybridized carbons (Fsp3) is 0.938. The van der Waals surface area contributed by atoms with Gasteiger partial charge in [0.1, 0.15) is 0 Å². The van der Waals surface area contributed by atoms with Gasteiger partial charge < -0.3 is 14.8 Å². The maximum absolute atomic E-state index is 11.0. The molecule has 0 saturated heterocycles. The highest BCUT2D eigenvalue weighted by atomic mass is 16.5. The quantitative estimate of drug-likeness (QED) is 0.529. The smallest absolute Gasteiger partial charge is 0.219 e. The van der Waals surface area contributed by atoms with E-state index in [1.807, 2.05) is 6.92 Å². The van der Waals surface area contributed by atoms with E-state index in [0.717, 1.165) is 26.1 Å². The predicted molar refractivity (Wildman–Crippen MR) is 82.9 cm³/mol. The first-order valence-electron chi connectivity index (χ1n) is 7.94. The molecule has 0 unspecified atom stereocenters. The zero-order chi connectivity index (χ0) is 15.3. The molecular formula is C16H33NO3. The largest absolute Gasteiger partial charge is 0.381 e. The summed E-state index contributed by atoms with van der Waals surface area (Å²) in [6.07, 6.45) is 5.01. The molecule has 0 radical (unpaired) electrons. The second kappa shape index (κ2) is 12.2. The summed E-state index contributed by atoms with van der Waals surface area (Å²) in [6, 6.07) is 0. The summed E-state index contributed by atoms with van der Waals surface area (Å²) < 4.78 is 11.3. The van der Waals surface area contributed by atoms with Gasteiger partial charge >= 0.3 is 0 Å². The van der Waals surface area contributed by atoms with E-state index in [4.69, 9.17) is 9.47 Å². The maximum Gasteiger partial charge on any atom is 0.219 e. The summed E-state index contributed by atoms with van der Waals surface area (Å²) in [5.74, 6) is 0.103. The second-order valence-corrected chi connectivity index (χ2v) is 6.03. The molecule has 1 amide bonds. The molecule has 0 aromatic carbocycles. The number of nitrogens with one attached hydrogen (secondary N) is 1. The van der Waals surface area contributed by atoms with Crippen LogP contribution in [0, 0.1) is 5.41 Å². The number of rotatable bonds is 13. The van der Waals surface area contributed by atoms with E-state index in [9.17, 15) is 4.79 Å². The number of amides is 1. The van der Waals surface area contributed by atoms with Crippen LogP contribution in [0.3, 0.4) is 0 Å². The van der Waals surface area contributed by atoms with Crippen LogP contribution < -0.4 is 5.32 Å². The lowest BCUT2D eigenvalue weighted by Crippen LogP contribution is -2.27. The van der Waals surface area contributed by atoms with E-state index in [2.05, 4.69) is 26.1 Å². The van der Waals surface area contributed by atoms with Gasteiger partial charge in [0.05, 0.1) is 13.2 Å². The highest BCUT2D eigenvalue weighted by molar-refractivity contribution is 5.75. The van der Waals surface area contributed by atoms with Gasteiger partial charge in [0.2, 0.25) is 5.91 Å². The fourth-order valence-corrected chi connectivity index (χ4v) is 1.72. The average Bonchev–Trinajstić information content (AvgIpc) is 2.42. The molecular weight excluding hydrogens is 254 g/mol. The standard InChI is InChI=1S/C16H33NO3/c1-5-7-8-11-19-13-16(3,4)14-20-12-9-10-17-15(18)6-2/h5-14H2,1-4H3,(H,17,18). The molecule has 0 spiro atoms. The minimum atomic E-state index is 0.0544.